The molecule has 0 spiro atoms. The summed E-state index contributed by atoms with van der Waals surface area (Å²) in [6, 6.07) is 1.60. The van der Waals surface area contributed by atoms with Gasteiger partial charge < -0.3 is 19.9 Å². The van der Waals surface area contributed by atoms with Gasteiger partial charge in [0.05, 0.1) is 16.8 Å². The van der Waals surface area contributed by atoms with E-state index in [-0.39, 0.29) is 48.9 Å². The van der Waals surface area contributed by atoms with Crippen LogP contribution in [0.2, 0.25) is 0 Å². The Bertz CT molecular complexity index is 1020. The van der Waals surface area contributed by atoms with Crippen molar-refractivity contribution in [2.45, 2.75) is 103 Å². The van der Waals surface area contributed by atoms with Crippen LogP contribution < -0.4 is 15.0 Å². The van der Waals surface area contributed by atoms with E-state index in [2.05, 4.69) is 5.32 Å². The minimum Gasteiger partial charge on any atom is -0.476 e. The molecule has 1 N–H and O–H groups in total. The summed E-state index contributed by atoms with van der Waals surface area (Å²) in [4.78, 5) is 41.7. The van der Waals surface area contributed by atoms with Crippen LogP contribution in [-0.4, -0.2) is 53.4 Å². The quantitative estimate of drug-likeness (QED) is 0.499. The van der Waals surface area contributed by atoms with Crippen molar-refractivity contribution >= 4 is 23.4 Å². The Kier molecular flexibility index (Phi) is 8.80. The highest BCUT2D eigenvalue weighted by atomic mass is 19.4. The smallest absolute Gasteiger partial charge is 0.417 e. The molecular weight excluding hydrogens is 487 g/mol. The predicted octanol–water partition coefficient (Wildman–Crippen LogP) is 5.31. The maximum Gasteiger partial charge on any atom is 0.417 e. The number of amides is 3. The molecule has 2 aliphatic rings. The van der Waals surface area contributed by atoms with E-state index in [1.165, 1.54) is 18.7 Å². The first-order chi connectivity index (χ1) is 17.3. The summed E-state index contributed by atoms with van der Waals surface area (Å²) in [5, 5.41) is 2.69. The molecule has 0 saturated heterocycles. The fraction of sp³-hybridized carbons (Fsp3) is 0.667. The molecule has 37 heavy (non-hydrogen) atoms. The normalized spacial score (nSPS) is 18.6. The second-order valence-corrected chi connectivity index (χ2v) is 10.4. The molecule has 0 aromatic heterocycles. The van der Waals surface area contributed by atoms with Crippen LogP contribution in [0.25, 0.3) is 0 Å². The van der Waals surface area contributed by atoms with Gasteiger partial charge in [-0.05, 0) is 52.2 Å². The molecule has 1 aromatic carbocycles. The maximum atomic E-state index is 14.3. The number of anilines is 1. The fourth-order valence-corrected chi connectivity index (χ4v) is 5.10. The third-order valence-corrected chi connectivity index (χ3v) is 7.30. The van der Waals surface area contributed by atoms with Gasteiger partial charge in [0.2, 0.25) is 5.91 Å². The monoisotopic (exact) mass is 525 g/mol. The van der Waals surface area contributed by atoms with Gasteiger partial charge in [0.25, 0.3) is 11.8 Å². The summed E-state index contributed by atoms with van der Waals surface area (Å²) in [7, 11) is 0. The fourth-order valence-electron chi connectivity index (χ4n) is 5.10. The summed E-state index contributed by atoms with van der Waals surface area (Å²) in [5.41, 5.74) is -2.89. The number of carbonyl (C=O) groups is 3. The second-order valence-electron chi connectivity index (χ2n) is 10.4. The zero-order valence-electron chi connectivity index (χ0n) is 22.3. The van der Waals surface area contributed by atoms with Crippen molar-refractivity contribution in [3.63, 3.8) is 0 Å². The van der Waals surface area contributed by atoms with Gasteiger partial charge in [-0.15, -0.1) is 0 Å². The summed E-state index contributed by atoms with van der Waals surface area (Å²) in [5.74, 6) is -1.48. The van der Waals surface area contributed by atoms with E-state index >= 15 is 0 Å². The van der Waals surface area contributed by atoms with Crippen molar-refractivity contribution in [2.24, 2.45) is 0 Å². The zero-order chi connectivity index (χ0) is 27.5. The molecule has 1 aliphatic heterocycles. The van der Waals surface area contributed by atoms with E-state index in [0.717, 1.165) is 44.2 Å². The highest BCUT2D eigenvalue weighted by Crippen LogP contribution is 2.44. The number of hydrogen-bond donors (Lipinski definition) is 1. The number of benzene rings is 1. The molecule has 1 aliphatic carbocycles. The van der Waals surface area contributed by atoms with Gasteiger partial charge in [0, 0.05) is 31.6 Å². The lowest BCUT2D eigenvalue weighted by molar-refractivity contribution is -0.138. The minimum absolute atomic E-state index is 0.0288. The lowest BCUT2D eigenvalue weighted by atomic mass is 9.91. The predicted molar refractivity (Wildman–Crippen MR) is 135 cm³/mol. The highest BCUT2D eigenvalue weighted by molar-refractivity contribution is 6.05. The third-order valence-electron chi connectivity index (χ3n) is 7.30. The van der Waals surface area contributed by atoms with Crippen LogP contribution in [-0.2, 0) is 15.8 Å². The Morgan fingerprint density at radius 1 is 1.19 bits per heavy atom. The van der Waals surface area contributed by atoms with Crippen LogP contribution in [0, 0.1) is 0 Å². The number of carbonyl (C=O) groups excluding carboxylic acids is 3. The van der Waals surface area contributed by atoms with E-state index < -0.39 is 34.7 Å². The van der Waals surface area contributed by atoms with Crippen molar-refractivity contribution < 1.29 is 32.3 Å². The first-order valence-corrected chi connectivity index (χ1v) is 13.2. The van der Waals surface area contributed by atoms with Crippen molar-refractivity contribution in [3.8, 4) is 5.75 Å². The summed E-state index contributed by atoms with van der Waals surface area (Å²) < 4.78 is 48.7. The van der Waals surface area contributed by atoms with Crippen LogP contribution in [0.5, 0.6) is 5.75 Å². The van der Waals surface area contributed by atoms with Crippen LogP contribution in [0.3, 0.4) is 0 Å². The average molecular weight is 526 g/mol. The number of nitrogens with one attached hydrogen (secondary N) is 1. The highest BCUT2D eigenvalue weighted by Gasteiger charge is 2.45. The van der Waals surface area contributed by atoms with Gasteiger partial charge in [0.1, 0.15) is 5.75 Å². The Morgan fingerprint density at radius 2 is 1.84 bits per heavy atom. The van der Waals surface area contributed by atoms with Gasteiger partial charge in [-0.3, -0.25) is 14.4 Å². The van der Waals surface area contributed by atoms with E-state index in [1.54, 1.807) is 11.8 Å². The minimum atomic E-state index is -4.80. The van der Waals surface area contributed by atoms with Crippen molar-refractivity contribution in [2.75, 3.05) is 18.0 Å². The number of ether oxygens (including phenoxy) is 1. The molecule has 1 aromatic rings. The lowest BCUT2D eigenvalue weighted by Crippen LogP contribution is -2.54. The van der Waals surface area contributed by atoms with E-state index in [9.17, 15) is 27.6 Å². The van der Waals surface area contributed by atoms with Crippen molar-refractivity contribution in [1.82, 2.24) is 10.2 Å². The lowest BCUT2D eigenvalue weighted by Gasteiger charge is -2.41. The number of alkyl halides is 3. The molecule has 0 bridgehead atoms. The van der Waals surface area contributed by atoms with E-state index in [1.807, 2.05) is 13.8 Å². The number of rotatable bonds is 8. The van der Waals surface area contributed by atoms with Gasteiger partial charge in [-0.2, -0.15) is 13.2 Å². The molecule has 10 heteroatoms. The maximum absolute atomic E-state index is 14.3. The van der Waals surface area contributed by atoms with Gasteiger partial charge in [-0.25, -0.2) is 0 Å². The standard InChI is InChI=1S/C27H38F3N3O4/c1-6-17(3)33(18-11-9-8-10-12-18)24(35)19-15-21-22(16-20(19)27(28,29)30)37-26(4,5)25(36)32(21)14-13-31-23(34)7-2/h15-18H,6-14H2,1-5H3,(H,31,34). The summed E-state index contributed by atoms with van der Waals surface area (Å²) in [6.45, 7) is 8.56. The van der Waals surface area contributed by atoms with Crippen LogP contribution in [0.1, 0.15) is 95.5 Å². The topological polar surface area (TPSA) is 79.0 Å². The molecule has 1 saturated carbocycles. The van der Waals surface area contributed by atoms with Crippen LogP contribution in [0.4, 0.5) is 18.9 Å². The Hall–Kier alpha value is -2.78. The third kappa shape index (κ3) is 6.21. The Labute approximate surface area is 216 Å². The summed E-state index contributed by atoms with van der Waals surface area (Å²) >= 11 is 0. The number of hydrogen-bond acceptors (Lipinski definition) is 4. The van der Waals surface area contributed by atoms with Gasteiger partial charge in [0.15, 0.2) is 5.60 Å². The number of nitrogens with zero attached hydrogens (tertiary/aromatic N) is 2. The molecule has 1 fully saturated rings. The van der Waals surface area contributed by atoms with Crippen LogP contribution >= 0.6 is 0 Å². The van der Waals surface area contributed by atoms with Crippen molar-refractivity contribution in [3.05, 3.63) is 23.3 Å². The zero-order valence-corrected chi connectivity index (χ0v) is 22.3. The molecule has 7 nitrogen and oxygen atoms in total. The Morgan fingerprint density at radius 3 is 2.41 bits per heavy atom. The first kappa shape index (κ1) is 28.8. The molecule has 1 heterocycles. The average Bonchev–Trinajstić information content (AvgIpc) is 2.85. The SMILES string of the molecule is CCC(=O)NCCN1C(=O)C(C)(C)Oc2cc(C(F)(F)F)c(C(=O)N(C(C)CC)C3CCCCC3)cc21. The van der Waals surface area contributed by atoms with Crippen LogP contribution in [0.15, 0.2) is 12.1 Å². The molecule has 3 amide bonds. The van der Waals surface area contributed by atoms with E-state index in [4.69, 9.17) is 4.74 Å². The van der Waals surface area contributed by atoms with Gasteiger partial charge >= 0.3 is 6.18 Å². The molecule has 206 valence electrons. The molecule has 3 rings (SSSR count). The van der Waals surface area contributed by atoms with Gasteiger partial charge in [-0.1, -0.05) is 33.1 Å². The molecule has 0 radical (unpaired) electrons. The summed E-state index contributed by atoms with van der Waals surface area (Å²) in [6.07, 6.45) is 0.467. The van der Waals surface area contributed by atoms with E-state index in [0.29, 0.717) is 6.42 Å². The molecule has 1 unspecified atom stereocenters. The second kappa shape index (κ2) is 11.3. The Balaban J connectivity index is 2.11. The van der Waals surface area contributed by atoms with Crippen molar-refractivity contribution in [1.29, 1.82) is 0 Å². The first-order valence-electron chi connectivity index (χ1n) is 13.2. The molecular formula is C27H38F3N3O4. The number of halogens is 3. The molecule has 1 atom stereocenters. The number of fused-ring (bicyclic) bond motifs is 1. The largest absolute Gasteiger partial charge is 0.476 e.